The smallest absolute Gasteiger partial charge is 0.335 e. The van der Waals surface area contributed by atoms with E-state index < -0.39 is 35.5 Å². The van der Waals surface area contributed by atoms with Gasteiger partial charge >= 0.3 is 18.0 Å². The second-order valence-electron chi connectivity index (χ2n) is 9.86. The first-order valence-corrected chi connectivity index (χ1v) is 13.1. The zero-order chi connectivity index (χ0) is 27.4. The molecule has 1 aliphatic rings. The van der Waals surface area contributed by atoms with Gasteiger partial charge in [-0.05, 0) is 55.3 Å². The average Bonchev–Trinajstić information content (AvgIpc) is 3.25. The number of nitrogens with zero attached hydrogens (tertiary/aromatic N) is 1. The van der Waals surface area contributed by atoms with E-state index in [4.69, 9.17) is 9.84 Å². The van der Waals surface area contributed by atoms with Gasteiger partial charge in [-0.2, -0.15) is 0 Å². The lowest BCUT2D eigenvalue weighted by molar-refractivity contribution is -0.160. The van der Waals surface area contributed by atoms with Gasteiger partial charge in [0.2, 0.25) is 5.91 Å². The Kier molecular flexibility index (Phi) is 8.03. The third-order valence-electron chi connectivity index (χ3n) is 5.83. The van der Waals surface area contributed by atoms with Crippen molar-refractivity contribution in [2.24, 2.45) is 0 Å². The Morgan fingerprint density at radius 3 is 2.47 bits per heavy atom. The van der Waals surface area contributed by atoms with Crippen molar-refractivity contribution in [1.82, 2.24) is 10.2 Å². The summed E-state index contributed by atoms with van der Waals surface area (Å²) >= 11 is 1.54. The zero-order valence-corrected chi connectivity index (χ0v) is 22.1. The Labute approximate surface area is 224 Å². The third kappa shape index (κ3) is 6.51. The van der Waals surface area contributed by atoms with Crippen LogP contribution >= 0.6 is 11.8 Å². The van der Waals surface area contributed by atoms with E-state index in [2.05, 4.69) is 10.6 Å². The molecule has 3 aromatic carbocycles. The molecule has 3 N–H and O–H groups in total. The van der Waals surface area contributed by atoms with Gasteiger partial charge in [0.25, 0.3) is 0 Å². The number of benzene rings is 3. The van der Waals surface area contributed by atoms with Crippen LogP contribution in [0.25, 0.3) is 10.8 Å². The predicted molar refractivity (Wildman–Crippen MR) is 146 cm³/mol. The molecular formula is C28H29N3O6S. The molecule has 4 rings (SSSR count). The van der Waals surface area contributed by atoms with Gasteiger partial charge in [0, 0.05) is 11.4 Å². The molecule has 2 unspecified atom stereocenters. The van der Waals surface area contributed by atoms with Crippen LogP contribution in [0.1, 0.15) is 42.1 Å². The van der Waals surface area contributed by atoms with E-state index in [9.17, 15) is 19.2 Å². The fourth-order valence-corrected chi connectivity index (χ4v) is 5.75. The van der Waals surface area contributed by atoms with E-state index in [-0.39, 0.29) is 23.2 Å². The number of carbonyl (C=O) groups excluding carboxylic acids is 3. The molecule has 0 aromatic heterocycles. The SMILES string of the molecule is CC(C)(C)OC(=O)C1CSC(c2cccc3ccccc23)N1CC(=O)NC(=O)Nc1cccc(C(=O)O)c1. The lowest BCUT2D eigenvalue weighted by atomic mass is 10.0. The van der Waals surface area contributed by atoms with Crippen LogP contribution in [0.3, 0.4) is 0 Å². The molecule has 1 heterocycles. The molecule has 38 heavy (non-hydrogen) atoms. The van der Waals surface area contributed by atoms with Crippen molar-refractivity contribution in [1.29, 1.82) is 0 Å². The maximum Gasteiger partial charge on any atom is 0.335 e. The number of thioether (sulfide) groups is 1. The number of carbonyl (C=O) groups is 4. The number of fused-ring (bicyclic) bond motifs is 1. The molecule has 3 aromatic rings. The summed E-state index contributed by atoms with van der Waals surface area (Å²) in [4.78, 5) is 51.6. The number of nitrogens with one attached hydrogen (secondary N) is 2. The molecule has 0 saturated carbocycles. The zero-order valence-electron chi connectivity index (χ0n) is 21.3. The molecule has 1 saturated heterocycles. The average molecular weight is 536 g/mol. The Hall–Kier alpha value is -3.89. The Morgan fingerprint density at radius 1 is 1.03 bits per heavy atom. The number of carboxylic acid groups (broad SMARTS) is 1. The highest BCUT2D eigenvalue weighted by molar-refractivity contribution is 7.99. The number of imide groups is 1. The molecule has 0 radical (unpaired) electrons. The summed E-state index contributed by atoms with van der Waals surface area (Å²) in [6.45, 7) is 5.13. The fraction of sp³-hybridized carbons (Fsp3) is 0.286. The third-order valence-corrected chi connectivity index (χ3v) is 7.18. The van der Waals surface area contributed by atoms with Crippen LogP contribution in [0.5, 0.6) is 0 Å². The van der Waals surface area contributed by atoms with Gasteiger partial charge in [-0.1, -0.05) is 48.5 Å². The van der Waals surface area contributed by atoms with Crippen molar-refractivity contribution in [3.63, 3.8) is 0 Å². The molecule has 1 aliphatic heterocycles. The van der Waals surface area contributed by atoms with Crippen molar-refractivity contribution in [3.8, 4) is 0 Å². The first-order chi connectivity index (χ1) is 18.0. The highest BCUT2D eigenvalue weighted by Crippen LogP contribution is 2.44. The van der Waals surface area contributed by atoms with E-state index >= 15 is 0 Å². The summed E-state index contributed by atoms with van der Waals surface area (Å²) in [5, 5.41) is 15.6. The van der Waals surface area contributed by atoms with E-state index in [1.165, 1.54) is 36.0 Å². The van der Waals surface area contributed by atoms with Crippen LogP contribution < -0.4 is 10.6 Å². The summed E-state index contributed by atoms with van der Waals surface area (Å²) in [7, 11) is 0. The first kappa shape index (κ1) is 27.2. The number of hydrogen-bond donors (Lipinski definition) is 3. The quantitative estimate of drug-likeness (QED) is 0.390. The minimum atomic E-state index is -1.13. The lowest BCUT2D eigenvalue weighted by Crippen LogP contribution is -2.48. The second-order valence-corrected chi connectivity index (χ2v) is 11.0. The topological polar surface area (TPSA) is 125 Å². The van der Waals surface area contributed by atoms with Crippen LogP contribution in [-0.4, -0.2) is 57.8 Å². The van der Waals surface area contributed by atoms with Crippen molar-refractivity contribution < 1.29 is 29.0 Å². The molecule has 0 bridgehead atoms. The molecule has 2 atom stereocenters. The van der Waals surface area contributed by atoms with Crippen LogP contribution in [0, 0.1) is 0 Å². The van der Waals surface area contributed by atoms with E-state index in [0.29, 0.717) is 5.75 Å². The Balaban J connectivity index is 1.54. The highest BCUT2D eigenvalue weighted by Gasteiger charge is 2.42. The molecular weight excluding hydrogens is 506 g/mol. The summed E-state index contributed by atoms with van der Waals surface area (Å²) < 4.78 is 5.64. The number of anilines is 1. The number of carboxylic acids is 1. The van der Waals surface area contributed by atoms with Gasteiger partial charge in [0.15, 0.2) is 0 Å². The molecule has 9 nitrogen and oxygen atoms in total. The number of amides is 3. The number of urea groups is 1. The van der Waals surface area contributed by atoms with Crippen LogP contribution in [-0.2, 0) is 14.3 Å². The maximum absolute atomic E-state index is 13.1. The van der Waals surface area contributed by atoms with Gasteiger partial charge < -0.3 is 15.2 Å². The van der Waals surface area contributed by atoms with Gasteiger partial charge in [-0.15, -0.1) is 11.8 Å². The largest absolute Gasteiger partial charge is 0.478 e. The van der Waals surface area contributed by atoms with Gasteiger partial charge in [-0.3, -0.25) is 19.8 Å². The minimum Gasteiger partial charge on any atom is -0.478 e. The summed E-state index contributed by atoms with van der Waals surface area (Å²) in [6.07, 6.45) is 0. The second kappa shape index (κ2) is 11.2. The van der Waals surface area contributed by atoms with E-state index in [1.807, 2.05) is 42.5 Å². The molecule has 10 heteroatoms. The van der Waals surface area contributed by atoms with Crippen LogP contribution in [0.2, 0.25) is 0 Å². The number of aromatic carboxylic acids is 1. The standard InChI is InChI=1S/C28H29N3O6S/c1-28(2,3)37-26(35)22-16-38-24(21-13-7-9-17-8-4-5-12-20(17)21)31(22)15-23(32)30-27(36)29-19-11-6-10-18(14-19)25(33)34/h4-14,22,24H,15-16H2,1-3H3,(H,33,34)(H2,29,30,32,36). The Bertz CT molecular complexity index is 1380. The lowest BCUT2D eigenvalue weighted by Gasteiger charge is -2.30. The van der Waals surface area contributed by atoms with Crippen molar-refractivity contribution in [2.75, 3.05) is 17.6 Å². The highest BCUT2D eigenvalue weighted by atomic mass is 32.2. The fourth-order valence-electron chi connectivity index (χ4n) is 4.26. The van der Waals surface area contributed by atoms with Gasteiger partial charge in [-0.25, -0.2) is 9.59 Å². The summed E-state index contributed by atoms with van der Waals surface area (Å²) in [5.74, 6) is -1.76. The van der Waals surface area contributed by atoms with Crippen molar-refractivity contribution >= 4 is 52.1 Å². The van der Waals surface area contributed by atoms with Crippen LogP contribution in [0.4, 0.5) is 10.5 Å². The number of rotatable bonds is 6. The number of esters is 1. The first-order valence-electron chi connectivity index (χ1n) is 12.0. The van der Waals surface area contributed by atoms with Crippen molar-refractivity contribution in [3.05, 3.63) is 77.9 Å². The van der Waals surface area contributed by atoms with E-state index in [1.54, 1.807) is 25.7 Å². The molecule has 198 valence electrons. The predicted octanol–water partition coefficient (Wildman–Crippen LogP) is 4.64. The van der Waals surface area contributed by atoms with Gasteiger partial charge in [0.1, 0.15) is 11.6 Å². The number of ether oxygens (including phenoxy) is 1. The maximum atomic E-state index is 13.1. The summed E-state index contributed by atoms with van der Waals surface area (Å²) in [6, 6.07) is 18.0. The minimum absolute atomic E-state index is 0.00125. The van der Waals surface area contributed by atoms with Crippen molar-refractivity contribution in [2.45, 2.75) is 37.8 Å². The normalized spacial score (nSPS) is 17.7. The summed E-state index contributed by atoms with van der Waals surface area (Å²) in [5.41, 5.74) is 0.493. The van der Waals surface area contributed by atoms with Crippen LogP contribution in [0.15, 0.2) is 66.7 Å². The van der Waals surface area contributed by atoms with Gasteiger partial charge in [0.05, 0.1) is 17.5 Å². The monoisotopic (exact) mass is 535 g/mol. The molecule has 0 aliphatic carbocycles. The molecule has 3 amide bonds. The molecule has 1 fully saturated rings. The number of hydrogen-bond acceptors (Lipinski definition) is 7. The van der Waals surface area contributed by atoms with E-state index in [0.717, 1.165) is 16.3 Å². The molecule has 0 spiro atoms. The Morgan fingerprint density at radius 2 is 1.74 bits per heavy atom.